The number of benzene rings is 2. The molecule has 1 heterocycles. The van der Waals surface area contributed by atoms with E-state index in [9.17, 15) is 9.18 Å². The quantitative estimate of drug-likeness (QED) is 0.622. The van der Waals surface area contributed by atoms with Crippen LogP contribution in [0.1, 0.15) is 12.8 Å². The summed E-state index contributed by atoms with van der Waals surface area (Å²) < 4.78 is 18.5. The van der Waals surface area contributed by atoms with E-state index < -0.39 is 0 Å². The normalized spacial score (nSPS) is 10.4. The molecule has 0 bridgehead atoms. The molecular formula is C19H17FN2O2S. The first-order valence-electron chi connectivity index (χ1n) is 7.90. The lowest BCUT2D eigenvalue weighted by molar-refractivity contribution is -0.116. The van der Waals surface area contributed by atoms with Crippen molar-refractivity contribution in [3.8, 4) is 17.0 Å². The smallest absolute Gasteiger partial charge is 0.226 e. The molecule has 0 saturated carbocycles. The largest absolute Gasteiger partial charge is 0.494 e. The van der Waals surface area contributed by atoms with Gasteiger partial charge in [-0.2, -0.15) is 0 Å². The number of aromatic nitrogens is 1. The molecule has 3 aromatic rings. The number of nitrogens with zero attached hydrogens (tertiary/aromatic N) is 1. The second-order valence-electron chi connectivity index (χ2n) is 5.36. The van der Waals surface area contributed by atoms with Crippen LogP contribution in [0.4, 0.5) is 9.52 Å². The summed E-state index contributed by atoms with van der Waals surface area (Å²) in [5.74, 6) is 0.411. The summed E-state index contributed by atoms with van der Waals surface area (Å²) in [6, 6.07) is 15.6. The van der Waals surface area contributed by atoms with Gasteiger partial charge < -0.3 is 10.1 Å². The summed E-state index contributed by atoms with van der Waals surface area (Å²) in [5, 5.41) is 5.15. The maximum atomic E-state index is 13.0. The highest BCUT2D eigenvalue weighted by molar-refractivity contribution is 7.14. The highest BCUT2D eigenvalue weighted by Crippen LogP contribution is 2.25. The van der Waals surface area contributed by atoms with Crippen LogP contribution in [0.3, 0.4) is 0 Å². The molecule has 0 atom stereocenters. The van der Waals surface area contributed by atoms with Gasteiger partial charge in [0.05, 0.1) is 12.3 Å². The fourth-order valence-corrected chi connectivity index (χ4v) is 2.94. The predicted octanol–water partition coefficient (Wildman–Crippen LogP) is 4.75. The van der Waals surface area contributed by atoms with E-state index in [1.807, 2.05) is 35.7 Å². The number of para-hydroxylation sites is 1. The van der Waals surface area contributed by atoms with Crippen LogP contribution in [0.5, 0.6) is 5.75 Å². The minimum atomic E-state index is -0.287. The Bertz CT molecular complexity index is 819. The van der Waals surface area contributed by atoms with Gasteiger partial charge in [0.15, 0.2) is 5.13 Å². The molecule has 1 N–H and O–H groups in total. The summed E-state index contributed by atoms with van der Waals surface area (Å²) in [4.78, 5) is 16.3. The van der Waals surface area contributed by atoms with Gasteiger partial charge in [-0.25, -0.2) is 9.37 Å². The Morgan fingerprint density at radius 3 is 2.64 bits per heavy atom. The Morgan fingerprint density at radius 1 is 1.12 bits per heavy atom. The highest BCUT2D eigenvalue weighted by atomic mass is 32.1. The Hall–Kier alpha value is -2.73. The second-order valence-corrected chi connectivity index (χ2v) is 6.22. The van der Waals surface area contributed by atoms with Crippen molar-refractivity contribution in [1.29, 1.82) is 0 Å². The van der Waals surface area contributed by atoms with Gasteiger partial charge in [-0.3, -0.25) is 4.79 Å². The van der Waals surface area contributed by atoms with Crippen molar-refractivity contribution in [2.75, 3.05) is 11.9 Å². The zero-order chi connectivity index (χ0) is 17.5. The Labute approximate surface area is 149 Å². The van der Waals surface area contributed by atoms with E-state index >= 15 is 0 Å². The van der Waals surface area contributed by atoms with E-state index in [-0.39, 0.29) is 11.7 Å². The van der Waals surface area contributed by atoms with Gasteiger partial charge in [-0.15, -0.1) is 11.3 Å². The monoisotopic (exact) mass is 356 g/mol. The van der Waals surface area contributed by atoms with E-state index in [1.54, 1.807) is 12.1 Å². The third-order valence-corrected chi connectivity index (χ3v) is 4.21. The van der Waals surface area contributed by atoms with Gasteiger partial charge in [0, 0.05) is 17.4 Å². The number of thiazole rings is 1. The average Bonchev–Trinajstić information content (AvgIpc) is 3.09. The van der Waals surface area contributed by atoms with Crippen molar-refractivity contribution in [2.24, 2.45) is 0 Å². The number of rotatable bonds is 7. The van der Waals surface area contributed by atoms with Crippen LogP contribution in [0.2, 0.25) is 0 Å². The van der Waals surface area contributed by atoms with Crippen LogP contribution >= 0.6 is 11.3 Å². The summed E-state index contributed by atoms with van der Waals surface area (Å²) in [6.07, 6.45) is 0.981. The summed E-state index contributed by atoms with van der Waals surface area (Å²) in [7, 11) is 0. The molecule has 3 rings (SSSR count). The first-order chi connectivity index (χ1) is 12.2. The highest BCUT2D eigenvalue weighted by Gasteiger charge is 2.08. The maximum absolute atomic E-state index is 13.0. The molecule has 128 valence electrons. The van der Waals surface area contributed by atoms with Gasteiger partial charge in [0.1, 0.15) is 11.6 Å². The number of ether oxygens (including phenoxy) is 1. The number of carbonyl (C=O) groups is 1. The minimum Gasteiger partial charge on any atom is -0.494 e. The summed E-state index contributed by atoms with van der Waals surface area (Å²) in [5.41, 5.74) is 1.53. The lowest BCUT2D eigenvalue weighted by Gasteiger charge is -2.05. The fraction of sp³-hybridized carbons (Fsp3) is 0.158. The van der Waals surface area contributed by atoms with E-state index in [1.165, 1.54) is 23.5 Å². The topological polar surface area (TPSA) is 51.2 Å². The Balaban J connectivity index is 1.44. The standard InChI is InChI=1S/C19H17FN2O2S/c20-15-10-8-14(9-11-15)17-13-25-19(21-17)22-18(23)7-4-12-24-16-5-2-1-3-6-16/h1-3,5-6,8-11,13H,4,7,12H2,(H,21,22,23). The van der Waals surface area contributed by atoms with Gasteiger partial charge in [0.25, 0.3) is 0 Å². The molecule has 25 heavy (non-hydrogen) atoms. The van der Waals surface area contributed by atoms with Crippen LogP contribution in [0.15, 0.2) is 60.0 Å². The molecule has 4 nitrogen and oxygen atoms in total. The third kappa shape index (κ3) is 5.12. The van der Waals surface area contributed by atoms with Crippen molar-refractivity contribution in [1.82, 2.24) is 4.98 Å². The SMILES string of the molecule is O=C(CCCOc1ccccc1)Nc1nc(-c2ccc(F)cc2)cs1. The molecule has 6 heteroatoms. The average molecular weight is 356 g/mol. The Kier molecular flexibility index (Phi) is 5.74. The van der Waals surface area contributed by atoms with Gasteiger partial charge in [0.2, 0.25) is 5.91 Å². The summed E-state index contributed by atoms with van der Waals surface area (Å²) in [6.45, 7) is 0.482. The predicted molar refractivity (Wildman–Crippen MR) is 97.3 cm³/mol. The second kappa shape index (κ2) is 8.39. The molecule has 0 spiro atoms. The van der Waals surface area contributed by atoms with Gasteiger partial charge in [-0.05, 0) is 42.8 Å². The first kappa shape index (κ1) is 17.1. The molecule has 1 aromatic heterocycles. The van der Waals surface area contributed by atoms with E-state index in [0.29, 0.717) is 30.3 Å². The van der Waals surface area contributed by atoms with Crippen LogP contribution in [-0.2, 0) is 4.79 Å². The number of anilines is 1. The van der Waals surface area contributed by atoms with Crippen LogP contribution in [-0.4, -0.2) is 17.5 Å². The number of hydrogen-bond donors (Lipinski definition) is 1. The Morgan fingerprint density at radius 2 is 1.88 bits per heavy atom. The fourth-order valence-electron chi connectivity index (χ4n) is 2.21. The molecule has 0 fully saturated rings. The van der Waals surface area contributed by atoms with Crippen molar-refractivity contribution >= 4 is 22.4 Å². The van der Waals surface area contributed by atoms with Crippen LogP contribution in [0.25, 0.3) is 11.3 Å². The lowest BCUT2D eigenvalue weighted by atomic mass is 10.2. The van der Waals surface area contributed by atoms with E-state index in [0.717, 1.165) is 11.3 Å². The van der Waals surface area contributed by atoms with Crippen LogP contribution in [0, 0.1) is 5.82 Å². The minimum absolute atomic E-state index is 0.100. The molecule has 0 aliphatic rings. The number of halogens is 1. The molecular weight excluding hydrogens is 339 g/mol. The van der Waals surface area contributed by atoms with Crippen LogP contribution < -0.4 is 10.1 Å². The molecule has 0 aliphatic heterocycles. The van der Waals surface area contributed by atoms with E-state index in [2.05, 4.69) is 10.3 Å². The summed E-state index contributed by atoms with van der Waals surface area (Å²) >= 11 is 1.34. The van der Waals surface area contributed by atoms with Gasteiger partial charge in [-0.1, -0.05) is 18.2 Å². The zero-order valence-corrected chi connectivity index (χ0v) is 14.3. The van der Waals surface area contributed by atoms with Crippen molar-refractivity contribution in [3.05, 3.63) is 65.8 Å². The van der Waals surface area contributed by atoms with E-state index in [4.69, 9.17) is 4.74 Å². The zero-order valence-electron chi connectivity index (χ0n) is 13.4. The van der Waals surface area contributed by atoms with Crippen molar-refractivity contribution in [3.63, 3.8) is 0 Å². The number of amides is 1. The molecule has 2 aromatic carbocycles. The van der Waals surface area contributed by atoms with Gasteiger partial charge >= 0.3 is 0 Å². The third-order valence-electron chi connectivity index (χ3n) is 3.45. The molecule has 0 saturated heterocycles. The molecule has 0 aliphatic carbocycles. The number of carbonyl (C=O) groups excluding carboxylic acids is 1. The first-order valence-corrected chi connectivity index (χ1v) is 8.78. The molecule has 1 amide bonds. The lowest BCUT2D eigenvalue weighted by Crippen LogP contribution is -2.12. The number of nitrogens with one attached hydrogen (secondary N) is 1. The van der Waals surface area contributed by atoms with Crippen molar-refractivity contribution in [2.45, 2.75) is 12.8 Å². The molecule has 0 unspecified atom stereocenters. The number of hydrogen-bond acceptors (Lipinski definition) is 4. The molecule has 0 radical (unpaired) electrons. The maximum Gasteiger partial charge on any atom is 0.226 e. The van der Waals surface area contributed by atoms with Crippen molar-refractivity contribution < 1.29 is 13.9 Å².